The van der Waals surface area contributed by atoms with Gasteiger partial charge in [-0.3, -0.25) is 9.66 Å². The van der Waals surface area contributed by atoms with Gasteiger partial charge in [-0.2, -0.15) is 0 Å². The van der Waals surface area contributed by atoms with Gasteiger partial charge in [0.05, 0.1) is 17.8 Å². The number of aromatic nitrogens is 2. The Balaban J connectivity index is 0.00000240. The highest BCUT2D eigenvalue weighted by molar-refractivity contribution is 5.85. The van der Waals surface area contributed by atoms with E-state index in [0.29, 0.717) is 12.2 Å². The van der Waals surface area contributed by atoms with Crippen LogP contribution in [-0.2, 0) is 6.61 Å². The molecule has 1 N–H and O–H groups in total. The molecule has 4 aromatic rings. The summed E-state index contributed by atoms with van der Waals surface area (Å²) in [5.74, 6) is 0.524. The number of hydrogen-bond donors (Lipinski definition) is 1. The van der Waals surface area contributed by atoms with Crippen molar-refractivity contribution in [1.82, 2.24) is 9.66 Å². The van der Waals surface area contributed by atoms with Crippen molar-refractivity contribution in [1.29, 1.82) is 0 Å². The van der Waals surface area contributed by atoms with Gasteiger partial charge in [-0.25, -0.2) is 4.39 Å². The number of halogens is 2. The van der Waals surface area contributed by atoms with Gasteiger partial charge in [-0.05, 0) is 42.3 Å². The van der Waals surface area contributed by atoms with Gasteiger partial charge in [0.15, 0.2) is 0 Å². The number of hydrogen-bond acceptors (Lipinski definition) is 3. The second-order valence-electron chi connectivity index (χ2n) is 6.67. The van der Waals surface area contributed by atoms with Gasteiger partial charge in [-0.1, -0.05) is 37.3 Å². The van der Waals surface area contributed by atoms with Crippen LogP contribution in [-0.4, -0.2) is 9.66 Å². The normalized spacial score (nSPS) is 11.7. The van der Waals surface area contributed by atoms with Gasteiger partial charge in [0.25, 0.3) is 0 Å². The van der Waals surface area contributed by atoms with Crippen LogP contribution in [0.3, 0.4) is 0 Å². The van der Waals surface area contributed by atoms with Gasteiger partial charge < -0.3 is 10.2 Å². The van der Waals surface area contributed by atoms with Crippen molar-refractivity contribution >= 4 is 23.3 Å². The zero-order valence-corrected chi connectivity index (χ0v) is 16.9. The lowest BCUT2D eigenvalue weighted by molar-refractivity contribution is 0.306. The Morgan fingerprint density at radius 3 is 2.69 bits per heavy atom. The van der Waals surface area contributed by atoms with Crippen molar-refractivity contribution in [3.63, 3.8) is 0 Å². The van der Waals surface area contributed by atoms with Crippen LogP contribution >= 0.6 is 12.4 Å². The summed E-state index contributed by atoms with van der Waals surface area (Å²) in [6.45, 7) is 2.56. The first-order chi connectivity index (χ1) is 13.7. The zero-order valence-electron chi connectivity index (χ0n) is 16.1. The number of nitrogens with zero attached hydrogens (tertiary/aromatic N) is 2. The Morgan fingerprint density at radius 1 is 1.10 bits per heavy atom. The van der Waals surface area contributed by atoms with Crippen LogP contribution in [0.2, 0.25) is 0 Å². The maximum Gasteiger partial charge on any atom is 0.146 e. The molecule has 4 nitrogen and oxygen atoms in total. The largest absolute Gasteiger partial charge is 0.489 e. The summed E-state index contributed by atoms with van der Waals surface area (Å²) < 4.78 is 22.0. The fraction of sp³-hybridized carbons (Fsp3) is 0.174. The van der Waals surface area contributed by atoms with Gasteiger partial charge in [0, 0.05) is 23.3 Å². The summed E-state index contributed by atoms with van der Waals surface area (Å²) in [4.78, 5) is 3.83. The second kappa shape index (κ2) is 9.43. The smallest absolute Gasteiger partial charge is 0.146 e. The lowest BCUT2D eigenvalue weighted by atomic mass is 10.1. The zero-order chi connectivity index (χ0) is 19.3. The molecule has 150 valence electrons. The van der Waals surface area contributed by atoms with Crippen molar-refractivity contribution < 1.29 is 9.13 Å². The number of nitrogens with one attached hydrogen (secondary N) is 1. The van der Waals surface area contributed by atoms with Crippen LogP contribution in [0.1, 0.15) is 30.5 Å². The molecule has 0 aliphatic rings. The van der Waals surface area contributed by atoms with E-state index in [4.69, 9.17) is 4.74 Å². The van der Waals surface area contributed by atoms with Crippen molar-refractivity contribution in [2.24, 2.45) is 0 Å². The highest BCUT2D eigenvalue weighted by Gasteiger charge is 2.15. The van der Waals surface area contributed by atoms with E-state index in [1.54, 1.807) is 12.3 Å². The average Bonchev–Trinajstić information content (AvgIpc) is 3.14. The Bertz CT molecular complexity index is 1070. The minimum atomic E-state index is -0.296. The third-order valence-corrected chi connectivity index (χ3v) is 4.79. The number of ether oxygens (including phenoxy) is 1. The van der Waals surface area contributed by atoms with Crippen molar-refractivity contribution in [2.45, 2.75) is 26.0 Å². The molecule has 2 aromatic heterocycles. The molecule has 0 spiro atoms. The van der Waals surface area contributed by atoms with Crippen LogP contribution in [0.4, 0.5) is 4.39 Å². The number of fused-ring (bicyclic) bond motifs is 1. The Morgan fingerprint density at radius 2 is 1.93 bits per heavy atom. The molecule has 29 heavy (non-hydrogen) atoms. The fourth-order valence-electron chi connectivity index (χ4n) is 3.28. The molecule has 0 fully saturated rings. The summed E-state index contributed by atoms with van der Waals surface area (Å²) >= 11 is 0. The van der Waals surface area contributed by atoms with Crippen LogP contribution in [0.15, 0.2) is 79.3 Å². The molecule has 1 unspecified atom stereocenters. The van der Waals surface area contributed by atoms with E-state index in [-0.39, 0.29) is 24.3 Å². The molecule has 1 atom stereocenters. The number of pyridine rings is 1. The molecular weight excluding hydrogens is 389 g/mol. The molecule has 2 heterocycles. The van der Waals surface area contributed by atoms with E-state index < -0.39 is 0 Å². The van der Waals surface area contributed by atoms with Crippen LogP contribution in [0.5, 0.6) is 5.75 Å². The van der Waals surface area contributed by atoms with Crippen LogP contribution in [0.25, 0.3) is 10.9 Å². The summed E-state index contributed by atoms with van der Waals surface area (Å²) in [7, 11) is 0. The molecule has 0 radical (unpaired) electrons. The van der Waals surface area contributed by atoms with Gasteiger partial charge in [0.2, 0.25) is 0 Å². The first kappa shape index (κ1) is 20.7. The van der Waals surface area contributed by atoms with E-state index >= 15 is 0 Å². The lowest BCUT2D eigenvalue weighted by Gasteiger charge is -2.20. The molecule has 0 bridgehead atoms. The minimum Gasteiger partial charge on any atom is -0.489 e. The topological polar surface area (TPSA) is 39.1 Å². The minimum absolute atomic E-state index is 0. The predicted octanol–water partition coefficient (Wildman–Crippen LogP) is 5.87. The molecule has 6 heteroatoms. The van der Waals surface area contributed by atoms with Gasteiger partial charge in [-0.15, -0.1) is 12.4 Å². The predicted molar refractivity (Wildman–Crippen MR) is 117 cm³/mol. The monoisotopic (exact) mass is 411 g/mol. The number of rotatable bonds is 7. The van der Waals surface area contributed by atoms with Crippen molar-refractivity contribution in [3.8, 4) is 5.75 Å². The molecule has 0 saturated heterocycles. The van der Waals surface area contributed by atoms with Gasteiger partial charge in [0.1, 0.15) is 18.2 Å². The average molecular weight is 412 g/mol. The molecule has 0 amide bonds. The van der Waals surface area contributed by atoms with Crippen LogP contribution < -0.4 is 10.2 Å². The highest BCUT2D eigenvalue weighted by atomic mass is 35.5. The first-order valence-electron chi connectivity index (χ1n) is 9.38. The summed E-state index contributed by atoms with van der Waals surface area (Å²) in [5, 5.41) is 1.06. The maximum atomic E-state index is 14.1. The van der Waals surface area contributed by atoms with E-state index in [1.165, 1.54) is 6.20 Å². The summed E-state index contributed by atoms with van der Waals surface area (Å²) in [5.41, 5.74) is 6.15. The quantitative estimate of drug-likeness (QED) is 0.413. The molecule has 0 saturated carbocycles. The molecular formula is C23H23ClFN3O. The Hall–Kier alpha value is -3.05. The molecule has 0 aliphatic heterocycles. The Kier molecular flexibility index (Phi) is 6.73. The first-order valence-corrected chi connectivity index (χ1v) is 9.38. The Labute approximate surface area is 175 Å². The summed E-state index contributed by atoms with van der Waals surface area (Å²) in [6.07, 6.45) is 5.57. The standard InChI is InChI=1S/C23H22FN3O.ClH/c1-2-22(20-10-12-25-15-21(20)24)26-27-13-11-18-14-19(8-9-23(18)27)28-16-17-6-4-3-5-7-17;/h3-15,22,26H,2,16H2,1H3;1H. The van der Waals surface area contributed by atoms with Crippen molar-refractivity contribution in [3.05, 3.63) is 96.2 Å². The second-order valence-corrected chi connectivity index (χ2v) is 6.67. The molecule has 4 rings (SSSR count). The third kappa shape index (κ3) is 4.69. The van der Waals surface area contributed by atoms with Gasteiger partial charge >= 0.3 is 0 Å². The van der Waals surface area contributed by atoms with E-state index in [0.717, 1.165) is 28.6 Å². The SMILES string of the molecule is CCC(Nn1ccc2cc(OCc3ccccc3)ccc21)c1ccncc1F.Cl. The highest BCUT2D eigenvalue weighted by Crippen LogP contribution is 2.25. The molecule has 2 aromatic carbocycles. The third-order valence-electron chi connectivity index (χ3n) is 4.79. The maximum absolute atomic E-state index is 14.1. The summed E-state index contributed by atoms with van der Waals surface area (Å²) in [6, 6.07) is 19.7. The number of benzene rings is 2. The van der Waals surface area contributed by atoms with E-state index in [9.17, 15) is 4.39 Å². The van der Waals surface area contributed by atoms with E-state index in [1.807, 2.05) is 72.4 Å². The fourth-order valence-corrected chi connectivity index (χ4v) is 3.28. The molecule has 0 aliphatic carbocycles. The van der Waals surface area contributed by atoms with E-state index in [2.05, 4.69) is 10.4 Å². The lowest BCUT2D eigenvalue weighted by Crippen LogP contribution is -2.20. The van der Waals surface area contributed by atoms with Crippen LogP contribution in [0, 0.1) is 5.82 Å². The van der Waals surface area contributed by atoms with Crippen molar-refractivity contribution in [2.75, 3.05) is 5.43 Å².